The summed E-state index contributed by atoms with van der Waals surface area (Å²) in [6.07, 6.45) is 7.09. The average Bonchev–Trinajstić information content (AvgIpc) is 1.92. The van der Waals surface area contributed by atoms with Crippen molar-refractivity contribution in [3.63, 3.8) is 0 Å². The predicted octanol–water partition coefficient (Wildman–Crippen LogP) is 1.70. The molecule has 0 aromatic heterocycles. The van der Waals surface area contributed by atoms with Crippen LogP contribution in [0.2, 0.25) is 0 Å². The highest BCUT2D eigenvalue weighted by atomic mass is 15.1. The molecule has 2 aliphatic rings. The van der Waals surface area contributed by atoms with Crippen LogP contribution in [0.25, 0.3) is 0 Å². The molecule has 1 N–H and O–H groups in total. The fourth-order valence-corrected chi connectivity index (χ4v) is 1.97. The molecule has 1 saturated heterocycles. The molecule has 1 nitrogen and oxygen atoms in total. The third-order valence-electron chi connectivity index (χ3n) is 3.46. The van der Waals surface area contributed by atoms with E-state index in [0.717, 1.165) is 0 Å². The highest BCUT2D eigenvalue weighted by molar-refractivity contribution is 5.18. The van der Waals surface area contributed by atoms with Crippen LogP contribution in [0.15, 0.2) is 12.2 Å². The number of rotatable bonds is 0. The first-order chi connectivity index (χ1) is 4.66. The third kappa shape index (κ3) is 0.567. The van der Waals surface area contributed by atoms with E-state index in [1.54, 1.807) is 0 Å². The molecule has 0 spiro atoms. The number of fused-ring (bicyclic) bond motifs is 1. The van der Waals surface area contributed by atoms with Crippen molar-refractivity contribution in [2.75, 3.05) is 6.54 Å². The summed E-state index contributed by atoms with van der Waals surface area (Å²) in [5.41, 5.74) is 0.976. The van der Waals surface area contributed by atoms with Gasteiger partial charge in [-0.05, 0) is 19.8 Å². The van der Waals surface area contributed by atoms with Crippen molar-refractivity contribution in [1.82, 2.24) is 5.32 Å². The average molecular weight is 137 g/mol. The van der Waals surface area contributed by atoms with Crippen LogP contribution in [0, 0.1) is 5.41 Å². The molecule has 0 unspecified atom stereocenters. The Morgan fingerprint density at radius 1 is 1.20 bits per heavy atom. The van der Waals surface area contributed by atoms with Crippen molar-refractivity contribution < 1.29 is 0 Å². The van der Waals surface area contributed by atoms with Gasteiger partial charge in [0.15, 0.2) is 0 Å². The quantitative estimate of drug-likeness (QED) is 0.501. The molecule has 0 bridgehead atoms. The number of hydrogen-bond acceptors (Lipinski definition) is 1. The van der Waals surface area contributed by atoms with Crippen molar-refractivity contribution in [2.24, 2.45) is 5.41 Å². The summed E-state index contributed by atoms with van der Waals surface area (Å²) in [5.74, 6) is 0. The summed E-state index contributed by atoms with van der Waals surface area (Å²) < 4.78 is 0. The summed E-state index contributed by atoms with van der Waals surface area (Å²) in [6, 6.07) is 0. The van der Waals surface area contributed by atoms with Gasteiger partial charge >= 0.3 is 0 Å². The number of nitrogens with one attached hydrogen (secondary N) is 1. The van der Waals surface area contributed by atoms with Gasteiger partial charge in [0.25, 0.3) is 0 Å². The Kier molecular flexibility index (Phi) is 1.06. The van der Waals surface area contributed by atoms with Gasteiger partial charge in [-0.15, -0.1) is 0 Å². The first-order valence-corrected chi connectivity index (χ1v) is 4.06. The predicted molar refractivity (Wildman–Crippen MR) is 42.9 cm³/mol. The van der Waals surface area contributed by atoms with E-state index in [1.807, 2.05) is 0 Å². The molecule has 0 saturated carbocycles. The molecule has 1 aliphatic heterocycles. The minimum atomic E-state index is 0.418. The second-order valence-electron chi connectivity index (χ2n) is 4.13. The summed E-state index contributed by atoms with van der Waals surface area (Å²) >= 11 is 0. The van der Waals surface area contributed by atoms with Gasteiger partial charge in [0.05, 0.1) is 0 Å². The molecule has 0 amide bonds. The standard InChI is InChI=1S/C9H15N/c1-8-5-3-4-6-9(8,2)10-7-8/h3-4,10H,5-7H2,1-2H3/t8-,9-/m1/s1. The highest BCUT2D eigenvalue weighted by Gasteiger charge is 2.51. The molecule has 1 aliphatic carbocycles. The van der Waals surface area contributed by atoms with Crippen LogP contribution in [-0.4, -0.2) is 12.1 Å². The minimum absolute atomic E-state index is 0.418. The molecular weight excluding hydrogens is 122 g/mol. The monoisotopic (exact) mass is 137 g/mol. The summed E-state index contributed by atoms with van der Waals surface area (Å²) in [4.78, 5) is 0. The Hall–Kier alpha value is -0.300. The zero-order valence-electron chi connectivity index (χ0n) is 6.78. The van der Waals surface area contributed by atoms with E-state index in [9.17, 15) is 0 Å². The van der Waals surface area contributed by atoms with Crippen molar-refractivity contribution in [1.29, 1.82) is 0 Å². The van der Waals surface area contributed by atoms with E-state index in [2.05, 4.69) is 31.3 Å². The molecule has 56 valence electrons. The topological polar surface area (TPSA) is 12.0 Å². The van der Waals surface area contributed by atoms with Gasteiger partial charge in [0.1, 0.15) is 0 Å². The Labute approximate surface area is 62.5 Å². The van der Waals surface area contributed by atoms with E-state index < -0.39 is 0 Å². The maximum absolute atomic E-state index is 3.51. The zero-order chi connectivity index (χ0) is 7.24. The molecular formula is C9H15N. The molecule has 0 aromatic carbocycles. The molecule has 0 aromatic rings. The fourth-order valence-electron chi connectivity index (χ4n) is 1.97. The lowest BCUT2D eigenvalue weighted by molar-refractivity contribution is 0.0111. The van der Waals surface area contributed by atoms with Gasteiger partial charge < -0.3 is 5.32 Å². The largest absolute Gasteiger partial charge is 0.310 e. The SMILES string of the molecule is C[C@]12CC=CC[C@@]1(C)NC2. The molecule has 2 rings (SSSR count). The molecule has 0 radical (unpaired) electrons. The van der Waals surface area contributed by atoms with E-state index in [-0.39, 0.29) is 0 Å². The van der Waals surface area contributed by atoms with Gasteiger partial charge in [-0.3, -0.25) is 0 Å². The Bertz CT molecular complexity index is 165. The number of allylic oxidation sites excluding steroid dienone is 1. The molecule has 1 heterocycles. The second-order valence-corrected chi connectivity index (χ2v) is 4.13. The lowest BCUT2D eigenvalue weighted by atomic mass is 9.59. The number of hydrogen-bond donors (Lipinski definition) is 1. The van der Waals surface area contributed by atoms with Crippen molar-refractivity contribution in [3.8, 4) is 0 Å². The van der Waals surface area contributed by atoms with Gasteiger partial charge in [-0.2, -0.15) is 0 Å². The lowest BCUT2D eigenvalue weighted by Crippen LogP contribution is -2.70. The van der Waals surface area contributed by atoms with Crippen molar-refractivity contribution in [2.45, 2.75) is 32.2 Å². The van der Waals surface area contributed by atoms with Gasteiger partial charge in [-0.1, -0.05) is 19.1 Å². The van der Waals surface area contributed by atoms with Crippen LogP contribution in [0.5, 0.6) is 0 Å². The van der Waals surface area contributed by atoms with E-state index in [4.69, 9.17) is 0 Å². The van der Waals surface area contributed by atoms with Crippen LogP contribution in [0.3, 0.4) is 0 Å². The Morgan fingerprint density at radius 3 is 2.20 bits per heavy atom. The third-order valence-corrected chi connectivity index (χ3v) is 3.46. The summed E-state index contributed by atoms with van der Waals surface area (Å²) in [7, 11) is 0. The van der Waals surface area contributed by atoms with Crippen molar-refractivity contribution >= 4 is 0 Å². The normalized spacial score (nSPS) is 51.8. The first kappa shape index (κ1) is 6.41. The first-order valence-electron chi connectivity index (χ1n) is 4.06. The van der Waals surface area contributed by atoms with Gasteiger partial charge in [0, 0.05) is 17.5 Å². The van der Waals surface area contributed by atoms with Crippen LogP contribution in [0.1, 0.15) is 26.7 Å². The molecule has 2 atom stereocenters. The lowest BCUT2D eigenvalue weighted by Gasteiger charge is -2.58. The van der Waals surface area contributed by atoms with Gasteiger partial charge in [0.2, 0.25) is 0 Å². The minimum Gasteiger partial charge on any atom is -0.310 e. The maximum atomic E-state index is 3.51. The fraction of sp³-hybridized carbons (Fsp3) is 0.778. The van der Waals surface area contributed by atoms with E-state index in [1.165, 1.54) is 19.4 Å². The van der Waals surface area contributed by atoms with Crippen LogP contribution in [-0.2, 0) is 0 Å². The van der Waals surface area contributed by atoms with E-state index >= 15 is 0 Å². The molecule has 1 fully saturated rings. The van der Waals surface area contributed by atoms with Crippen LogP contribution < -0.4 is 5.32 Å². The zero-order valence-corrected chi connectivity index (χ0v) is 6.78. The summed E-state index contributed by atoms with van der Waals surface area (Å²) in [6.45, 7) is 5.92. The van der Waals surface area contributed by atoms with Gasteiger partial charge in [-0.25, -0.2) is 0 Å². The molecule has 1 heteroatoms. The maximum Gasteiger partial charge on any atom is 0.0256 e. The van der Waals surface area contributed by atoms with Crippen molar-refractivity contribution in [3.05, 3.63) is 12.2 Å². The molecule has 10 heavy (non-hydrogen) atoms. The highest BCUT2D eigenvalue weighted by Crippen LogP contribution is 2.46. The van der Waals surface area contributed by atoms with Crippen LogP contribution in [0.4, 0.5) is 0 Å². The summed E-state index contributed by atoms with van der Waals surface area (Å²) in [5, 5.41) is 3.51. The Morgan fingerprint density at radius 2 is 1.90 bits per heavy atom. The van der Waals surface area contributed by atoms with E-state index in [0.29, 0.717) is 11.0 Å². The second kappa shape index (κ2) is 1.65. The smallest absolute Gasteiger partial charge is 0.0256 e. The van der Waals surface area contributed by atoms with Crippen LogP contribution >= 0.6 is 0 Å². The Balaban J connectivity index is 2.28.